The number of hydrogen-bond acceptors (Lipinski definition) is 6. The third-order valence-corrected chi connectivity index (χ3v) is 7.21. The maximum absolute atomic E-state index is 13.3. The summed E-state index contributed by atoms with van der Waals surface area (Å²) in [6, 6.07) is 8.28. The number of ether oxygens (including phenoxy) is 1. The minimum atomic E-state index is -4.53. The number of benzene rings is 2. The molecule has 12 heteroatoms. The number of nitro benzene ring substituents is 1. The lowest BCUT2D eigenvalue weighted by molar-refractivity contribution is -0.384. The molecule has 0 bridgehead atoms. The number of carbonyl (C=O) groups excluding carboxylic acids is 2. The molecule has 1 fully saturated rings. The van der Waals surface area contributed by atoms with Crippen molar-refractivity contribution >= 4 is 17.4 Å². The first-order valence-corrected chi connectivity index (χ1v) is 12.9. The van der Waals surface area contributed by atoms with E-state index in [2.05, 4.69) is 10.4 Å². The van der Waals surface area contributed by atoms with Crippen LogP contribution >= 0.6 is 0 Å². The minimum Gasteiger partial charge on any atom is -0.376 e. The summed E-state index contributed by atoms with van der Waals surface area (Å²) in [6.45, 7) is 4.69. The largest absolute Gasteiger partial charge is 0.416 e. The van der Waals surface area contributed by atoms with Crippen LogP contribution in [0.1, 0.15) is 65.1 Å². The average Bonchev–Trinajstić information content (AvgIpc) is 3.54. The number of fused-ring (bicyclic) bond motifs is 1. The number of halogens is 3. The Labute approximate surface area is 227 Å². The van der Waals surface area contributed by atoms with Gasteiger partial charge >= 0.3 is 6.18 Å². The summed E-state index contributed by atoms with van der Waals surface area (Å²) in [4.78, 5) is 37.5. The molecular weight excluding hydrogens is 529 g/mol. The van der Waals surface area contributed by atoms with E-state index >= 15 is 0 Å². The van der Waals surface area contributed by atoms with E-state index in [0.29, 0.717) is 18.7 Å². The van der Waals surface area contributed by atoms with Gasteiger partial charge in [-0.2, -0.15) is 18.3 Å². The second kappa shape index (κ2) is 10.2. The van der Waals surface area contributed by atoms with Crippen LogP contribution in [-0.4, -0.2) is 45.6 Å². The standard InChI is InChI=1S/C28H27F3N4O5/c1-27(2)13-22-24(23(36)14-27)25(16-5-8-18(9-6-16)28(29,30)31)33-34(22)20-10-7-17(12-21(20)35(38)39)26(37)32-15-19-4-3-11-40-19/h5-10,12,19H,3-4,11,13-15H2,1-2H3,(H,32,37). The van der Waals surface area contributed by atoms with Crippen molar-refractivity contribution in [3.8, 4) is 16.9 Å². The van der Waals surface area contributed by atoms with Gasteiger partial charge in [-0.25, -0.2) is 4.68 Å². The molecule has 40 heavy (non-hydrogen) atoms. The van der Waals surface area contributed by atoms with Crippen molar-refractivity contribution in [1.82, 2.24) is 15.1 Å². The van der Waals surface area contributed by atoms with Crippen LogP contribution in [-0.2, 0) is 17.3 Å². The number of nitrogens with one attached hydrogen (secondary N) is 1. The minimum absolute atomic E-state index is 0.0422. The maximum atomic E-state index is 13.3. The Kier molecular flexibility index (Phi) is 6.99. The van der Waals surface area contributed by atoms with Crippen LogP contribution in [0.15, 0.2) is 42.5 Å². The highest BCUT2D eigenvalue weighted by Crippen LogP contribution is 2.41. The molecule has 0 spiro atoms. The lowest BCUT2D eigenvalue weighted by atomic mass is 9.75. The van der Waals surface area contributed by atoms with Crippen LogP contribution < -0.4 is 5.32 Å². The van der Waals surface area contributed by atoms with Crippen LogP contribution in [0.5, 0.6) is 0 Å². The predicted octanol–water partition coefficient (Wildman–Crippen LogP) is 5.53. The van der Waals surface area contributed by atoms with Crippen molar-refractivity contribution in [3.05, 3.63) is 75.0 Å². The number of carbonyl (C=O) groups is 2. The molecule has 210 valence electrons. The number of nitro groups is 1. The summed E-state index contributed by atoms with van der Waals surface area (Å²) in [7, 11) is 0. The van der Waals surface area contributed by atoms with Crippen LogP contribution in [0.2, 0.25) is 0 Å². The zero-order chi connectivity index (χ0) is 28.8. The van der Waals surface area contributed by atoms with Crippen LogP contribution in [0.25, 0.3) is 16.9 Å². The molecule has 1 aliphatic heterocycles. The quantitative estimate of drug-likeness (QED) is 0.315. The van der Waals surface area contributed by atoms with E-state index in [4.69, 9.17) is 4.74 Å². The number of rotatable bonds is 6. The summed E-state index contributed by atoms with van der Waals surface area (Å²) in [5.74, 6) is -0.741. The monoisotopic (exact) mass is 556 g/mol. The molecule has 1 saturated heterocycles. The molecule has 0 saturated carbocycles. The first-order chi connectivity index (χ1) is 18.8. The Morgan fingerprint density at radius 2 is 1.93 bits per heavy atom. The van der Waals surface area contributed by atoms with E-state index in [9.17, 15) is 32.9 Å². The van der Waals surface area contributed by atoms with E-state index in [-0.39, 0.29) is 52.9 Å². The van der Waals surface area contributed by atoms with Gasteiger partial charge in [0, 0.05) is 36.8 Å². The zero-order valence-corrected chi connectivity index (χ0v) is 21.9. The van der Waals surface area contributed by atoms with Gasteiger partial charge in [0.05, 0.1) is 27.8 Å². The molecule has 2 aliphatic rings. The Bertz CT molecular complexity index is 1490. The number of amides is 1. The van der Waals surface area contributed by atoms with Gasteiger partial charge in [-0.15, -0.1) is 0 Å². The van der Waals surface area contributed by atoms with Gasteiger partial charge in [-0.3, -0.25) is 19.7 Å². The third kappa shape index (κ3) is 5.35. The second-order valence-electron chi connectivity index (χ2n) is 10.9. The normalized spacial score (nSPS) is 18.4. The van der Waals surface area contributed by atoms with E-state index in [1.807, 2.05) is 13.8 Å². The average molecular weight is 557 g/mol. The Morgan fingerprint density at radius 1 is 1.20 bits per heavy atom. The summed E-state index contributed by atoms with van der Waals surface area (Å²) >= 11 is 0. The highest BCUT2D eigenvalue weighted by Gasteiger charge is 2.38. The smallest absolute Gasteiger partial charge is 0.376 e. The molecule has 2 aromatic carbocycles. The fourth-order valence-corrected chi connectivity index (χ4v) is 5.27. The van der Waals surface area contributed by atoms with Gasteiger partial charge < -0.3 is 10.1 Å². The molecule has 5 rings (SSSR count). The summed E-state index contributed by atoms with van der Waals surface area (Å²) in [6.07, 6.45) is -2.37. The number of alkyl halides is 3. The van der Waals surface area contributed by atoms with Gasteiger partial charge in [0.25, 0.3) is 11.6 Å². The van der Waals surface area contributed by atoms with Crippen molar-refractivity contribution in [2.75, 3.05) is 13.2 Å². The molecule has 1 atom stereocenters. The van der Waals surface area contributed by atoms with Gasteiger partial charge in [0.1, 0.15) is 11.4 Å². The molecule has 1 aromatic heterocycles. The molecule has 1 aliphatic carbocycles. The number of hydrogen-bond donors (Lipinski definition) is 1. The number of nitrogens with zero attached hydrogens (tertiary/aromatic N) is 3. The van der Waals surface area contributed by atoms with Crippen LogP contribution in [0.4, 0.5) is 18.9 Å². The van der Waals surface area contributed by atoms with Crippen LogP contribution in [0, 0.1) is 15.5 Å². The van der Waals surface area contributed by atoms with Crippen molar-refractivity contribution in [1.29, 1.82) is 0 Å². The Morgan fingerprint density at radius 3 is 2.55 bits per heavy atom. The fourth-order valence-electron chi connectivity index (χ4n) is 5.27. The number of Topliss-reactive ketones (excluding diaryl/α,β-unsaturated/α-hetero) is 1. The van der Waals surface area contributed by atoms with Crippen molar-refractivity contribution in [2.45, 2.75) is 51.8 Å². The Hall–Kier alpha value is -4.06. The first kappa shape index (κ1) is 27.5. The summed E-state index contributed by atoms with van der Waals surface area (Å²) in [5, 5.41) is 19.4. The summed E-state index contributed by atoms with van der Waals surface area (Å²) < 4.78 is 46.2. The van der Waals surface area contributed by atoms with Gasteiger partial charge in [-0.05, 0) is 48.9 Å². The number of aromatic nitrogens is 2. The van der Waals surface area contributed by atoms with E-state index in [0.717, 1.165) is 31.0 Å². The Balaban J connectivity index is 1.58. The highest BCUT2D eigenvalue weighted by atomic mass is 19.4. The first-order valence-electron chi connectivity index (χ1n) is 12.9. The lowest BCUT2D eigenvalue weighted by Gasteiger charge is -2.29. The topological polar surface area (TPSA) is 116 Å². The van der Waals surface area contributed by atoms with Gasteiger partial charge in [0.2, 0.25) is 0 Å². The molecule has 1 unspecified atom stereocenters. The molecule has 9 nitrogen and oxygen atoms in total. The molecule has 3 aromatic rings. The summed E-state index contributed by atoms with van der Waals surface area (Å²) in [5.41, 5.74) is -0.515. The predicted molar refractivity (Wildman–Crippen MR) is 138 cm³/mol. The maximum Gasteiger partial charge on any atom is 0.416 e. The second-order valence-corrected chi connectivity index (χ2v) is 10.9. The number of ketones is 1. The fraction of sp³-hybridized carbons (Fsp3) is 0.393. The van der Waals surface area contributed by atoms with Crippen molar-refractivity contribution < 1.29 is 32.4 Å². The molecular formula is C28H27F3N4O5. The lowest BCUT2D eigenvalue weighted by Crippen LogP contribution is -2.31. The van der Waals surface area contributed by atoms with E-state index < -0.39 is 33.7 Å². The van der Waals surface area contributed by atoms with Gasteiger partial charge in [-0.1, -0.05) is 26.0 Å². The van der Waals surface area contributed by atoms with E-state index in [1.54, 1.807) is 0 Å². The highest BCUT2D eigenvalue weighted by molar-refractivity contribution is 6.04. The van der Waals surface area contributed by atoms with Crippen LogP contribution in [0.3, 0.4) is 0 Å². The van der Waals surface area contributed by atoms with Crippen molar-refractivity contribution in [3.63, 3.8) is 0 Å². The molecule has 1 amide bonds. The van der Waals surface area contributed by atoms with Crippen molar-refractivity contribution in [2.24, 2.45) is 5.41 Å². The zero-order valence-electron chi connectivity index (χ0n) is 21.9. The SMILES string of the molecule is CC1(C)CC(=O)c2c(-c3ccc(C(F)(F)F)cc3)nn(-c3ccc(C(=O)NCC4CCCO4)cc3[N+](=O)[O-])c2C1. The molecule has 0 radical (unpaired) electrons. The molecule has 2 heterocycles. The molecule has 1 N–H and O–H groups in total. The van der Waals surface area contributed by atoms with E-state index in [1.165, 1.54) is 28.9 Å². The third-order valence-electron chi connectivity index (χ3n) is 7.21. The van der Waals surface area contributed by atoms with Gasteiger partial charge in [0.15, 0.2) is 5.78 Å².